The van der Waals surface area contributed by atoms with Crippen LogP contribution in [0.5, 0.6) is 11.5 Å². The SMILES string of the molecule is COc1ccc(OC)c(N(CC(=O)NCCCN(C)C)C(C)=O)c1. The molecule has 0 radical (unpaired) electrons. The van der Waals surface area contributed by atoms with Crippen LogP contribution in [0, 0.1) is 0 Å². The maximum Gasteiger partial charge on any atom is 0.240 e. The monoisotopic (exact) mass is 337 g/mol. The van der Waals surface area contributed by atoms with Crippen LogP contribution in [0.15, 0.2) is 18.2 Å². The van der Waals surface area contributed by atoms with Crippen molar-refractivity contribution in [2.24, 2.45) is 0 Å². The fourth-order valence-electron chi connectivity index (χ4n) is 2.20. The van der Waals surface area contributed by atoms with Gasteiger partial charge in [0.15, 0.2) is 0 Å². The molecular weight excluding hydrogens is 310 g/mol. The Bertz CT molecular complexity index is 561. The van der Waals surface area contributed by atoms with E-state index in [9.17, 15) is 9.59 Å². The van der Waals surface area contributed by atoms with Crippen LogP contribution in [0.2, 0.25) is 0 Å². The van der Waals surface area contributed by atoms with Crippen molar-refractivity contribution in [3.05, 3.63) is 18.2 Å². The van der Waals surface area contributed by atoms with E-state index in [0.717, 1.165) is 13.0 Å². The molecule has 7 nitrogen and oxygen atoms in total. The quantitative estimate of drug-likeness (QED) is 0.684. The average molecular weight is 337 g/mol. The van der Waals surface area contributed by atoms with Crippen molar-refractivity contribution >= 4 is 17.5 Å². The minimum Gasteiger partial charge on any atom is -0.497 e. The summed E-state index contributed by atoms with van der Waals surface area (Å²) in [6.07, 6.45) is 0.849. The van der Waals surface area contributed by atoms with Gasteiger partial charge in [-0.05, 0) is 39.2 Å². The fourth-order valence-corrected chi connectivity index (χ4v) is 2.20. The molecule has 1 aromatic rings. The summed E-state index contributed by atoms with van der Waals surface area (Å²) >= 11 is 0. The molecule has 1 aromatic carbocycles. The number of rotatable bonds is 9. The molecule has 0 spiro atoms. The number of benzene rings is 1. The molecule has 2 amide bonds. The van der Waals surface area contributed by atoms with E-state index in [1.54, 1.807) is 25.3 Å². The van der Waals surface area contributed by atoms with Crippen LogP contribution >= 0.6 is 0 Å². The Labute approximate surface area is 143 Å². The van der Waals surface area contributed by atoms with Gasteiger partial charge in [-0.25, -0.2) is 0 Å². The summed E-state index contributed by atoms with van der Waals surface area (Å²) in [5.74, 6) is 0.633. The molecule has 0 fully saturated rings. The number of ether oxygens (including phenoxy) is 2. The van der Waals surface area contributed by atoms with Crippen LogP contribution in [0.25, 0.3) is 0 Å². The number of nitrogens with zero attached hydrogens (tertiary/aromatic N) is 2. The first-order valence-electron chi connectivity index (χ1n) is 7.80. The molecule has 1 rings (SSSR count). The highest BCUT2D eigenvalue weighted by atomic mass is 16.5. The predicted molar refractivity (Wildman–Crippen MR) is 93.8 cm³/mol. The lowest BCUT2D eigenvalue weighted by Crippen LogP contribution is -2.40. The van der Waals surface area contributed by atoms with Gasteiger partial charge in [0, 0.05) is 19.5 Å². The second-order valence-electron chi connectivity index (χ2n) is 5.65. The number of carbonyl (C=O) groups excluding carboxylic acids is 2. The van der Waals surface area contributed by atoms with Gasteiger partial charge < -0.3 is 19.7 Å². The smallest absolute Gasteiger partial charge is 0.240 e. The van der Waals surface area contributed by atoms with E-state index in [0.29, 0.717) is 23.7 Å². The molecule has 0 unspecified atom stereocenters. The molecule has 0 atom stereocenters. The Morgan fingerprint density at radius 1 is 1.17 bits per heavy atom. The summed E-state index contributed by atoms with van der Waals surface area (Å²) < 4.78 is 10.5. The second-order valence-corrected chi connectivity index (χ2v) is 5.65. The number of nitrogens with one attached hydrogen (secondary N) is 1. The number of amides is 2. The van der Waals surface area contributed by atoms with Crippen LogP contribution in [0.3, 0.4) is 0 Å². The van der Waals surface area contributed by atoms with Crippen molar-refractivity contribution in [3.63, 3.8) is 0 Å². The van der Waals surface area contributed by atoms with Crippen molar-refractivity contribution in [1.82, 2.24) is 10.2 Å². The zero-order valence-electron chi connectivity index (χ0n) is 15.1. The van der Waals surface area contributed by atoms with Gasteiger partial charge in [0.25, 0.3) is 0 Å². The first-order chi connectivity index (χ1) is 11.4. The normalized spacial score (nSPS) is 10.4. The van der Waals surface area contributed by atoms with E-state index in [1.807, 2.05) is 14.1 Å². The molecule has 0 aromatic heterocycles. The molecule has 0 heterocycles. The summed E-state index contributed by atoms with van der Waals surface area (Å²) in [6, 6.07) is 5.13. The summed E-state index contributed by atoms with van der Waals surface area (Å²) in [5.41, 5.74) is 0.507. The van der Waals surface area contributed by atoms with Gasteiger partial charge in [-0.1, -0.05) is 0 Å². The number of methoxy groups -OCH3 is 2. The van der Waals surface area contributed by atoms with Crippen molar-refractivity contribution in [1.29, 1.82) is 0 Å². The van der Waals surface area contributed by atoms with Gasteiger partial charge in [0.05, 0.1) is 19.9 Å². The number of hydrogen-bond acceptors (Lipinski definition) is 5. The van der Waals surface area contributed by atoms with Crippen LogP contribution in [-0.2, 0) is 9.59 Å². The second kappa shape index (κ2) is 9.77. The lowest BCUT2D eigenvalue weighted by atomic mass is 10.2. The van der Waals surface area contributed by atoms with Crippen molar-refractivity contribution in [3.8, 4) is 11.5 Å². The topological polar surface area (TPSA) is 71.1 Å². The highest BCUT2D eigenvalue weighted by Crippen LogP contribution is 2.32. The summed E-state index contributed by atoms with van der Waals surface area (Å²) in [5, 5.41) is 2.83. The lowest BCUT2D eigenvalue weighted by Gasteiger charge is -2.23. The maximum atomic E-state index is 12.1. The minimum atomic E-state index is -0.245. The molecule has 0 aliphatic rings. The fraction of sp³-hybridized carbons (Fsp3) is 0.529. The lowest BCUT2D eigenvalue weighted by molar-refractivity contribution is -0.123. The van der Waals surface area contributed by atoms with E-state index in [2.05, 4.69) is 10.2 Å². The standard InChI is InChI=1S/C17H27N3O4/c1-13(21)20(12-17(22)18-9-6-10-19(2)3)15-11-14(23-4)7-8-16(15)24-5/h7-8,11H,6,9-10,12H2,1-5H3,(H,18,22). The molecule has 0 saturated carbocycles. The molecule has 24 heavy (non-hydrogen) atoms. The first kappa shape index (κ1) is 19.8. The first-order valence-corrected chi connectivity index (χ1v) is 7.80. The third kappa shape index (κ3) is 6.08. The Hall–Kier alpha value is -2.28. The van der Waals surface area contributed by atoms with E-state index < -0.39 is 0 Å². The van der Waals surface area contributed by atoms with Crippen molar-refractivity contribution in [2.45, 2.75) is 13.3 Å². The highest BCUT2D eigenvalue weighted by Gasteiger charge is 2.20. The molecule has 0 saturated heterocycles. The third-order valence-corrected chi connectivity index (χ3v) is 3.46. The maximum absolute atomic E-state index is 12.1. The molecule has 7 heteroatoms. The van der Waals surface area contributed by atoms with Gasteiger partial charge >= 0.3 is 0 Å². The largest absolute Gasteiger partial charge is 0.497 e. The van der Waals surface area contributed by atoms with E-state index >= 15 is 0 Å². The number of anilines is 1. The van der Waals surface area contributed by atoms with E-state index in [4.69, 9.17) is 9.47 Å². The van der Waals surface area contributed by atoms with Gasteiger partial charge in [0.2, 0.25) is 11.8 Å². The van der Waals surface area contributed by atoms with Crippen molar-refractivity contribution in [2.75, 3.05) is 52.8 Å². The average Bonchev–Trinajstić information content (AvgIpc) is 2.55. The number of hydrogen-bond donors (Lipinski definition) is 1. The van der Waals surface area contributed by atoms with E-state index in [-0.39, 0.29) is 18.4 Å². The Morgan fingerprint density at radius 3 is 2.42 bits per heavy atom. The van der Waals surface area contributed by atoms with Gasteiger partial charge in [-0.2, -0.15) is 0 Å². The summed E-state index contributed by atoms with van der Waals surface area (Å²) in [6.45, 7) is 2.80. The van der Waals surface area contributed by atoms with Gasteiger partial charge in [0.1, 0.15) is 18.0 Å². The summed E-state index contributed by atoms with van der Waals surface area (Å²) in [4.78, 5) is 27.6. The Morgan fingerprint density at radius 2 is 1.88 bits per heavy atom. The highest BCUT2D eigenvalue weighted by molar-refractivity contribution is 5.98. The van der Waals surface area contributed by atoms with Crippen LogP contribution in [-0.4, -0.2) is 64.7 Å². The zero-order valence-corrected chi connectivity index (χ0v) is 15.1. The Balaban J connectivity index is 2.80. The predicted octanol–water partition coefficient (Wildman–Crippen LogP) is 1.12. The van der Waals surface area contributed by atoms with Crippen LogP contribution in [0.4, 0.5) is 5.69 Å². The molecular formula is C17H27N3O4. The van der Waals surface area contributed by atoms with Crippen LogP contribution in [0.1, 0.15) is 13.3 Å². The van der Waals surface area contributed by atoms with E-state index in [1.165, 1.54) is 18.9 Å². The molecule has 0 aliphatic carbocycles. The van der Waals surface area contributed by atoms with Gasteiger partial charge in [-0.3, -0.25) is 14.5 Å². The third-order valence-electron chi connectivity index (χ3n) is 3.46. The molecule has 0 aliphatic heterocycles. The van der Waals surface area contributed by atoms with Gasteiger partial charge in [-0.15, -0.1) is 0 Å². The molecule has 134 valence electrons. The molecule has 0 bridgehead atoms. The summed E-state index contributed by atoms with van der Waals surface area (Å²) in [7, 11) is 7.02. The van der Waals surface area contributed by atoms with Crippen molar-refractivity contribution < 1.29 is 19.1 Å². The zero-order chi connectivity index (χ0) is 18.1. The number of carbonyl (C=O) groups is 2. The Kier molecular flexibility index (Phi) is 8.05. The minimum absolute atomic E-state index is 0.0686. The molecule has 1 N–H and O–H groups in total. The van der Waals surface area contributed by atoms with Crippen LogP contribution < -0.4 is 19.7 Å².